The first-order chi connectivity index (χ1) is 10.1. The highest BCUT2D eigenvalue weighted by atomic mass is 32.1. The summed E-state index contributed by atoms with van der Waals surface area (Å²) in [5, 5.41) is 18.6. The summed E-state index contributed by atoms with van der Waals surface area (Å²) in [6, 6.07) is 4.37. The SMILES string of the molecule is CCNC(=O)c1ccc(NCc2cscn2)c([N+](=O)[O-])c1. The van der Waals surface area contributed by atoms with E-state index in [4.69, 9.17) is 0 Å². The lowest BCUT2D eigenvalue weighted by Crippen LogP contribution is -2.22. The monoisotopic (exact) mass is 306 g/mol. The van der Waals surface area contributed by atoms with Crippen molar-refractivity contribution < 1.29 is 9.72 Å². The van der Waals surface area contributed by atoms with Crippen LogP contribution in [0.25, 0.3) is 0 Å². The molecule has 0 unspecified atom stereocenters. The second-order valence-electron chi connectivity index (χ2n) is 4.18. The van der Waals surface area contributed by atoms with E-state index in [9.17, 15) is 14.9 Å². The van der Waals surface area contributed by atoms with E-state index >= 15 is 0 Å². The van der Waals surface area contributed by atoms with Gasteiger partial charge in [-0.3, -0.25) is 14.9 Å². The lowest BCUT2D eigenvalue weighted by Gasteiger charge is -2.07. The topological polar surface area (TPSA) is 97.2 Å². The molecule has 0 aliphatic carbocycles. The number of nitro benzene ring substituents is 1. The van der Waals surface area contributed by atoms with Crippen LogP contribution in [0, 0.1) is 10.1 Å². The number of hydrogen-bond acceptors (Lipinski definition) is 6. The Hall–Kier alpha value is -2.48. The van der Waals surface area contributed by atoms with Crippen LogP contribution in [0.1, 0.15) is 23.0 Å². The molecule has 0 aliphatic heterocycles. The molecule has 0 bridgehead atoms. The third kappa shape index (κ3) is 3.76. The zero-order valence-electron chi connectivity index (χ0n) is 11.3. The molecular weight excluding hydrogens is 292 g/mol. The van der Waals surface area contributed by atoms with Gasteiger partial charge in [0.2, 0.25) is 0 Å². The van der Waals surface area contributed by atoms with Crippen molar-refractivity contribution in [3.05, 3.63) is 50.5 Å². The van der Waals surface area contributed by atoms with Gasteiger partial charge in [0.1, 0.15) is 5.69 Å². The summed E-state index contributed by atoms with van der Waals surface area (Å²) in [6.45, 7) is 2.65. The summed E-state index contributed by atoms with van der Waals surface area (Å²) in [5.74, 6) is -0.327. The minimum atomic E-state index is -0.508. The van der Waals surface area contributed by atoms with Gasteiger partial charge in [-0.25, -0.2) is 4.98 Å². The van der Waals surface area contributed by atoms with Crippen molar-refractivity contribution in [2.45, 2.75) is 13.5 Å². The summed E-state index contributed by atoms with van der Waals surface area (Å²) in [6.07, 6.45) is 0. The number of aromatic nitrogens is 1. The van der Waals surface area contributed by atoms with Crippen LogP contribution in [-0.4, -0.2) is 22.4 Å². The van der Waals surface area contributed by atoms with Crippen molar-refractivity contribution in [3.63, 3.8) is 0 Å². The van der Waals surface area contributed by atoms with E-state index in [-0.39, 0.29) is 17.2 Å². The number of rotatable bonds is 6. The summed E-state index contributed by atoms with van der Waals surface area (Å²) in [4.78, 5) is 26.4. The highest BCUT2D eigenvalue weighted by Crippen LogP contribution is 2.26. The van der Waals surface area contributed by atoms with E-state index in [1.807, 2.05) is 5.38 Å². The molecule has 1 heterocycles. The fraction of sp³-hybridized carbons (Fsp3) is 0.231. The van der Waals surface area contributed by atoms with Gasteiger partial charge in [-0.05, 0) is 19.1 Å². The average molecular weight is 306 g/mol. The number of nitrogens with one attached hydrogen (secondary N) is 2. The van der Waals surface area contributed by atoms with E-state index in [1.54, 1.807) is 18.5 Å². The third-order valence-corrected chi connectivity index (χ3v) is 3.37. The van der Waals surface area contributed by atoms with Crippen molar-refractivity contribution in [2.24, 2.45) is 0 Å². The molecule has 0 fully saturated rings. The number of carbonyl (C=O) groups is 1. The Labute approximate surface area is 125 Å². The molecule has 0 atom stereocenters. The van der Waals surface area contributed by atoms with E-state index in [2.05, 4.69) is 15.6 Å². The van der Waals surface area contributed by atoms with Crippen LogP contribution >= 0.6 is 11.3 Å². The predicted molar refractivity (Wildman–Crippen MR) is 80.5 cm³/mol. The van der Waals surface area contributed by atoms with Gasteiger partial charge in [0.25, 0.3) is 11.6 Å². The molecule has 1 amide bonds. The normalized spacial score (nSPS) is 10.1. The molecular formula is C13H14N4O3S. The second-order valence-corrected chi connectivity index (χ2v) is 4.90. The number of nitrogens with zero attached hydrogens (tertiary/aromatic N) is 2. The molecule has 0 saturated carbocycles. The molecule has 110 valence electrons. The standard InChI is InChI=1S/C13H14N4O3S/c1-2-14-13(18)9-3-4-11(12(5-9)17(19)20)15-6-10-7-21-8-16-10/h3-5,7-8,15H,2,6H2,1H3,(H,14,18). The summed E-state index contributed by atoms with van der Waals surface area (Å²) >= 11 is 1.46. The third-order valence-electron chi connectivity index (χ3n) is 2.74. The number of hydrogen-bond donors (Lipinski definition) is 2. The Morgan fingerprint density at radius 3 is 2.90 bits per heavy atom. The largest absolute Gasteiger partial charge is 0.374 e. The Kier molecular flexibility index (Phi) is 4.83. The quantitative estimate of drug-likeness (QED) is 0.631. The van der Waals surface area contributed by atoms with Crippen LogP contribution in [0.15, 0.2) is 29.1 Å². The van der Waals surface area contributed by atoms with Gasteiger partial charge in [-0.2, -0.15) is 0 Å². The van der Waals surface area contributed by atoms with Gasteiger partial charge in [0.15, 0.2) is 0 Å². The van der Waals surface area contributed by atoms with Gasteiger partial charge >= 0.3 is 0 Å². The van der Waals surface area contributed by atoms with Gasteiger partial charge in [-0.1, -0.05) is 0 Å². The lowest BCUT2D eigenvalue weighted by molar-refractivity contribution is -0.384. The fourth-order valence-electron chi connectivity index (χ4n) is 1.75. The maximum Gasteiger partial charge on any atom is 0.293 e. The Morgan fingerprint density at radius 2 is 2.29 bits per heavy atom. The van der Waals surface area contributed by atoms with E-state index in [0.29, 0.717) is 18.8 Å². The number of anilines is 1. The first kappa shape index (κ1) is 14.9. The van der Waals surface area contributed by atoms with Gasteiger partial charge in [0.05, 0.1) is 22.7 Å². The molecule has 0 radical (unpaired) electrons. The van der Waals surface area contributed by atoms with E-state index in [1.165, 1.54) is 23.5 Å². The fourth-order valence-corrected chi connectivity index (χ4v) is 2.31. The molecule has 0 saturated heterocycles. The van der Waals surface area contributed by atoms with Crippen LogP contribution in [-0.2, 0) is 6.54 Å². The zero-order valence-corrected chi connectivity index (χ0v) is 12.1. The number of carbonyl (C=O) groups excluding carboxylic acids is 1. The number of benzene rings is 1. The number of thiazole rings is 1. The minimum absolute atomic E-state index is 0.131. The molecule has 2 N–H and O–H groups in total. The summed E-state index contributed by atoms with van der Waals surface area (Å²) < 4.78 is 0. The Morgan fingerprint density at radius 1 is 1.48 bits per heavy atom. The van der Waals surface area contributed by atoms with Crippen molar-refractivity contribution in [3.8, 4) is 0 Å². The van der Waals surface area contributed by atoms with Crippen molar-refractivity contribution in [1.29, 1.82) is 0 Å². The summed E-state index contributed by atoms with van der Waals surface area (Å²) in [7, 11) is 0. The van der Waals surface area contributed by atoms with Crippen molar-refractivity contribution >= 4 is 28.6 Å². The minimum Gasteiger partial charge on any atom is -0.374 e. The van der Waals surface area contributed by atoms with Gasteiger partial charge < -0.3 is 10.6 Å². The zero-order chi connectivity index (χ0) is 15.2. The molecule has 21 heavy (non-hydrogen) atoms. The van der Waals surface area contributed by atoms with Gasteiger partial charge in [-0.15, -0.1) is 11.3 Å². The first-order valence-corrected chi connectivity index (χ1v) is 7.23. The first-order valence-electron chi connectivity index (χ1n) is 6.29. The van der Waals surface area contributed by atoms with Crippen LogP contribution in [0.2, 0.25) is 0 Å². The predicted octanol–water partition coefficient (Wildman–Crippen LogP) is 2.41. The van der Waals surface area contributed by atoms with Crippen molar-refractivity contribution in [2.75, 3.05) is 11.9 Å². The number of amides is 1. The molecule has 1 aromatic heterocycles. The van der Waals surface area contributed by atoms with Crippen LogP contribution in [0.5, 0.6) is 0 Å². The maximum absolute atomic E-state index is 11.7. The average Bonchev–Trinajstić information content (AvgIpc) is 2.98. The lowest BCUT2D eigenvalue weighted by atomic mass is 10.1. The summed E-state index contributed by atoms with van der Waals surface area (Å²) in [5.41, 5.74) is 3.00. The van der Waals surface area contributed by atoms with Crippen molar-refractivity contribution in [1.82, 2.24) is 10.3 Å². The Bertz CT molecular complexity index is 643. The molecule has 2 aromatic rings. The smallest absolute Gasteiger partial charge is 0.293 e. The molecule has 2 rings (SSSR count). The van der Waals surface area contributed by atoms with Crippen LogP contribution in [0.4, 0.5) is 11.4 Å². The Balaban J connectivity index is 2.20. The molecule has 0 aliphatic rings. The van der Waals surface area contributed by atoms with Crippen LogP contribution < -0.4 is 10.6 Å². The maximum atomic E-state index is 11.7. The molecule has 8 heteroatoms. The highest BCUT2D eigenvalue weighted by molar-refractivity contribution is 7.07. The van der Waals surface area contributed by atoms with E-state index in [0.717, 1.165) is 5.69 Å². The van der Waals surface area contributed by atoms with E-state index < -0.39 is 4.92 Å². The molecule has 1 aromatic carbocycles. The van der Waals surface area contributed by atoms with Crippen LogP contribution in [0.3, 0.4) is 0 Å². The van der Waals surface area contributed by atoms with Gasteiger partial charge in [0, 0.05) is 23.6 Å². The highest BCUT2D eigenvalue weighted by Gasteiger charge is 2.17. The molecule has 7 nitrogen and oxygen atoms in total. The molecule has 0 spiro atoms. The second kappa shape index (κ2) is 6.80. The number of nitro groups is 1.